The fourth-order valence-electron chi connectivity index (χ4n) is 1.37. The van der Waals surface area contributed by atoms with Crippen LogP contribution in [0.5, 0.6) is 0 Å². The van der Waals surface area contributed by atoms with Crippen LogP contribution in [0.2, 0.25) is 0 Å². The molecular weight excluding hydrogens is 222 g/mol. The van der Waals surface area contributed by atoms with Crippen LogP contribution in [0, 0.1) is 6.92 Å². The van der Waals surface area contributed by atoms with E-state index in [2.05, 4.69) is 12.2 Å². The number of carbonyl (C=O) groups is 1. The van der Waals surface area contributed by atoms with E-state index in [1.165, 1.54) is 21.8 Å². The van der Waals surface area contributed by atoms with Crippen LogP contribution in [0.4, 0.5) is 0 Å². The second-order valence-corrected chi connectivity index (χ2v) is 5.70. The topological polar surface area (TPSA) is 49.3 Å². The fraction of sp³-hybridized carbons (Fsp3) is 0.583. The Hall–Kier alpha value is -0.870. The molecule has 4 heteroatoms. The molecule has 1 aromatic heterocycles. The van der Waals surface area contributed by atoms with Crippen LogP contribution in [-0.2, 0) is 6.42 Å². The summed E-state index contributed by atoms with van der Waals surface area (Å²) in [6.45, 7) is 7.71. The molecule has 0 bridgehead atoms. The van der Waals surface area contributed by atoms with Crippen molar-refractivity contribution < 1.29 is 9.90 Å². The Morgan fingerprint density at radius 2 is 2.19 bits per heavy atom. The minimum Gasteiger partial charge on any atom is -0.389 e. The molecule has 0 aliphatic rings. The van der Waals surface area contributed by atoms with Crippen molar-refractivity contribution in [3.05, 3.63) is 21.4 Å². The molecule has 1 amide bonds. The maximum absolute atomic E-state index is 11.8. The molecule has 0 fully saturated rings. The van der Waals surface area contributed by atoms with Gasteiger partial charge in [-0.15, -0.1) is 11.3 Å². The van der Waals surface area contributed by atoms with Crippen LogP contribution in [-0.4, -0.2) is 23.2 Å². The summed E-state index contributed by atoms with van der Waals surface area (Å²) < 4.78 is 0. The molecule has 3 nitrogen and oxygen atoms in total. The Bertz CT molecular complexity index is 377. The van der Waals surface area contributed by atoms with Gasteiger partial charge in [-0.25, -0.2) is 0 Å². The van der Waals surface area contributed by atoms with Gasteiger partial charge in [0.25, 0.3) is 5.91 Å². The number of rotatable bonds is 4. The van der Waals surface area contributed by atoms with Gasteiger partial charge in [0, 0.05) is 11.4 Å². The first kappa shape index (κ1) is 13.2. The van der Waals surface area contributed by atoms with Crippen molar-refractivity contribution in [2.75, 3.05) is 6.54 Å². The molecule has 0 aliphatic carbocycles. The van der Waals surface area contributed by atoms with Gasteiger partial charge in [-0.1, -0.05) is 6.92 Å². The largest absolute Gasteiger partial charge is 0.389 e. The molecule has 1 heterocycles. The van der Waals surface area contributed by atoms with E-state index in [-0.39, 0.29) is 12.5 Å². The fourth-order valence-corrected chi connectivity index (χ4v) is 2.40. The highest BCUT2D eigenvalue weighted by Gasteiger charge is 2.16. The van der Waals surface area contributed by atoms with Crippen molar-refractivity contribution in [2.24, 2.45) is 0 Å². The number of nitrogens with one attached hydrogen (secondary N) is 1. The number of aryl methyl sites for hydroxylation is 2. The summed E-state index contributed by atoms with van der Waals surface area (Å²) in [6.07, 6.45) is 0.954. The lowest BCUT2D eigenvalue weighted by atomic mass is 10.1. The number of thiophene rings is 1. The van der Waals surface area contributed by atoms with Crippen LogP contribution in [0.3, 0.4) is 0 Å². The molecule has 0 aromatic carbocycles. The van der Waals surface area contributed by atoms with Crippen LogP contribution in [0.15, 0.2) is 6.07 Å². The summed E-state index contributed by atoms with van der Waals surface area (Å²) >= 11 is 1.52. The van der Waals surface area contributed by atoms with Crippen molar-refractivity contribution in [1.82, 2.24) is 5.32 Å². The monoisotopic (exact) mass is 241 g/mol. The zero-order valence-electron chi connectivity index (χ0n) is 10.3. The van der Waals surface area contributed by atoms with Gasteiger partial charge in [0.15, 0.2) is 0 Å². The summed E-state index contributed by atoms with van der Waals surface area (Å²) in [4.78, 5) is 13.7. The third kappa shape index (κ3) is 3.61. The molecule has 2 N–H and O–H groups in total. The molecular formula is C12H19NO2S. The number of hydrogen-bond acceptors (Lipinski definition) is 3. The third-order valence-electron chi connectivity index (χ3n) is 2.25. The Morgan fingerprint density at radius 1 is 1.56 bits per heavy atom. The molecule has 16 heavy (non-hydrogen) atoms. The van der Waals surface area contributed by atoms with Crippen molar-refractivity contribution in [2.45, 2.75) is 39.7 Å². The molecule has 0 unspecified atom stereocenters. The second-order valence-electron chi connectivity index (χ2n) is 4.57. The lowest BCUT2D eigenvalue weighted by Gasteiger charge is -2.17. The van der Waals surface area contributed by atoms with E-state index < -0.39 is 5.60 Å². The van der Waals surface area contributed by atoms with Crippen molar-refractivity contribution in [3.8, 4) is 0 Å². The average Bonchev–Trinajstić information content (AvgIpc) is 2.55. The van der Waals surface area contributed by atoms with Gasteiger partial charge in [0.2, 0.25) is 0 Å². The minimum atomic E-state index is -0.866. The second kappa shape index (κ2) is 4.97. The first-order valence-corrected chi connectivity index (χ1v) is 6.25. The van der Waals surface area contributed by atoms with Crippen LogP contribution in [0.1, 0.15) is 40.9 Å². The molecule has 0 radical (unpaired) electrons. The quantitative estimate of drug-likeness (QED) is 0.848. The minimum absolute atomic E-state index is 0.102. The summed E-state index contributed by atoms with van der Waals surface area (Å²) in [7, 11) is 0. The van der Waals surface area contributed by atoms with Crippen LogP contribution < -0.4 is 5.32 Å². The highest BCUT2D eigenvalue weighted by Crippen LogP contribution is 2.22. The maximum atomic E-state index is 11.8. The van der Waals surface area contributed by atoms with Crippen LogP contribution in [0.25, 0.3) is 0 Å². The third-order valence-corrected chi connectivity index (χ3v) is 3.63. The van der Waals surface area contributed by atoms with E-state index in [0.717, 1.165) is 11.3 Å². The van der Waals surface area contributed by atoms with Gasteiger partial charge in [-0.2, -0.15) is 0 Å². The van der Waals surface area contributed by atoms with Crippen molar-refractivity contribution in [1.29, 1.82) is 0 Å². The first-order valence-electron chi connectivity index (χ1n) is 5.43. The SMILES string of the molecule is CCc1sc(C(=O)NCC(C)(C)O)cc1C. The zero-order valence-corrected chi connectivity index (χ0v) is 11.1. The van der Waals surface area contributed by atoms with E-state index in [0.29, 0.717) is 0 Å². The average molecular weight is 241 g/mol. The van der Waals surface area contributed by atoms with Gasteiger partial charge < -0.3 is 10.4 Å². The molecule has 1 aromatic rings. The Labute approximate surface area is 100 Å². The highest BCUT2D eigenvalue weighted by molar-refractivity contribution is 7.14. The van der Waals surface area contributed by atoms with Gasteiger partial charge in [0.1, 0.15) is 0 Å². The maximum Gasteiger partial charge on any atom is 0.261 e. The number of amides is 1. The predicted molar refractivity (Wildman–Crippen MR) is 67.1 cm³/mol. The number of carbonyl (C=O) groups excluding carboxylic acids is 1. The van der Waals surface area contributed by atoms with Crippen molar-refractivity contribution in [3.63, 3.8) is 0 Å². The molecule has 90 valence electrons. The standard InChI is InChI=1S/C12H19NO2S/c1-5-9-8(2)6-10(16-9)11(14)13-7-12(3,4)15/h6,15H,5,7H2,1-4H3,(H,13,14). The van der Waals surface area contributed by atoms with Crippen LogP contribution >= 0.6 is 11.3 Å². The molecule has 0 spiro atoms. The zero-order chi connectivity index (χ0) is 12.3. The van der Waals surface area contributed by atoms with Gasteiger partial charge in [-0.3, -0.25) is 4.79 Å². The van der Waals surface area contributed by atoms with Gasteiger partial charge in [-0.05, 0) is 38.8 Å². The Balaban J connectivity index is 2.66. The normalized spacial score (nSPS) is 11.6. The van der Waals surface area contributed by atoms with E-state index in [4.69, 9.17) is 0 Å². The van der Waals surface area contributed by atoms with Crippen molar-refractivity contribution >= 4 is 17.2 Å². The number of hydrogen-bond donors (Lipinski definition) is 2. The first-order chi connectivity index (χ1) is 7.33. The van der Waals surface area contributed by atoms with E-state index in [1.807, 2.05) is 13.0 Å². The molecule has 1 rings (SSSR count). The summed E-state index contributed by atoms with van der Waals surface area (Å²) in [5.41, 5.74) is 0.302. The molecule has 0 atom stereocenters. The van der Waals surface area contributed by atoms with E-state index >= 15 is 0 Å². The smallest absolute Gasteiger partial charge is 0.261 e. The molecule has 0 aliphatic heterocycles. The Morgan fingerprint density at radius 3 is 2.62 bits per heavy atom. The molecule has 0 saturated carbocycles. The summed E-state index contributed by atoms with van der Waals surface area (Å²) in [6, 6.07) is 1.91. The lowest BCUT2D eigenvalue weighted by molar-refractivity contribution is 0.0696. The molecule has 0 saturated heterocycles. The van der Waals surface area contributed by atoms with E-state index in [9.17, 15) is 9.90 Å². The number of aliphatic hydroxyl groups is 1. The Kier molecular flexibility index (Phi) is 4.10. The van der Waals surface area contributed by atoms with E-state index in [1.54, 1.807) is 13.8 Å². The van der Waals surface area contributed by atoms with Gasteiger partial charge >= 0.3 is 0 Å². The lowest BCUT2D eigenvalue weighted by Crippen LogP contribution is -2.37. The summed E-state index contributed by atoms with van der Waals surface area (Å²) in [5.74, 6) is -0.102. The highest BCUT2D eigenvalue weighted by atomic mass is 32.1. The predicted octanol–water partition coefficient (Wildman–Crippen LogP) is 2.12. The summed E-state index contributed by atoms with van der Waals surface area (Å²) in [5, 5.41) is 12.2. The van der Waals surface area contributed by atoms with Gasteiger partial charge in [0.05, 0.1) is 10.5 Å².